The van der Waals surface area contributed by atoms with E-state index in [1.165, 1.54) is 24.8 Å². The monoisotopic (exact) mass is 400 g/mol. The van der Waals surface area contributed by atoms with E-state index >= 15 is 0 Å². The van der Waals surface area contributed by atoms with Gasteiger partial charge in [0, 0.05) is 24.5 Å². The maximum atomic E-state index is 12.9. The molecule has 3 fully saturated rings. The van der Waals surface area contributed by atoms with Gasteiger partial charge in [0.1, 0.15) is 5.75 Å². The number of nitrogens with zero attached hydrogens (tertiary/aromatic N) is 1. The maximum absolute atomic E-state index is 12.9. The highest BCUT2D eigenvalue weighted by Crippen LogP contribution is 2.49. The van der Waals surface area contributed by atoms with Crippen molar-refractivity contribution in [3.05, 3.63) is 29.8 Å². The summed E-state index contributed by atoms with van der Waals surface area (Å²) < 4.78 is 5.33. The molecule has 1 aromatic rings. The average Bonchev–Trinajstić information content (AvgIpc) is 2.74. The number of likely N-dealkylation sites (tertiary alicyclic amines) is 1. The Hall–Kier alpha value is -1.59. The Balaban J connectivity index is 1.52. The standard InChI is InChI=1S/C24H36N2O3/c1-29-20-12-10-18(11-13-20)23-21-9-5-6-14-24(21,28)15-16-26(23)17-22(27)25-19-7-3-2-4-8-19/h10-13,19,21,23,28H,2-9,14-17H2,1H3,(H,25,27)/t21-,23-,24-/m1/s1. The molecule has 2 N–H and O–H groups in total. The minimum absolute atomic E-state index is 0.0806. The van der Waals surface area contributed by atoms with Crippen molar-refractivity contribution >= 4 is 5.91 Å². The number of rotatable bonds is 5. The van der Waals surface area contributed by atoms with Gasteiger partial charge in [-0.15, -0.1) is 0 Å². The molecule has 2 saturated carbocycles. The molecule has 0 spiro atoms. The van der Waals surface area contributed by atoms with Gasteiger partial charge in [-0.05, 0) is 49.8 Å². The lowest BCUT2D eigenvalue weighted by molar-refractivity contribution is -0.138. The molecule has 1 amide bonds. The van der Waals surface area contributed by atoms with Crippen LogP contribution in [-0.2, 0) is 4.79 Å². The molecule has 29 heavy (non-hydrogen) atoms. The van der Waals surface area contributed by atoms with E-state index in [2.05, 4.69) is 22.3 Å². The third-order valence-electron chi connectivity index (χ3n) is 7.45. The smallest absolute Gasteiger partial charge is 0.234 e. The second kappa shape index (κ2) is 9.05. The van der Waals surface area contributed by atoms with Crippen LogP contribution in [0.25, 0.3) is 0 Å². The zero-order valence-corrected chi connectivity index (χ0v) is 17.7. The van der Waals surface area contributed by atoms with Crippen LogP contribution in [0.4, 0.5) is 0 Å². The van der Waals surface area contributed by atoms with E-state index in [9.17, 15) is 9.90 Å². The van der Waals surface area contributed by atoms with Crippen LogP contribution >= 0.6 is 0 Å². The van der Waals surface area contributed by atoms with Crippen molar-refractivity contribution in [1.29, 1.82) is 0 Å². The number of carbonyl (C=O) groups excluding carboxylic acids is 1. The first-order valence-electron chi connectivity index (χ1n) is 11.5. The fraction of sp³-hybridized carbons (Fsp3) is 0.708. The summed E-state index contributed by atoms with van der Waals surface area (Å²) in [5.41, 5.74) is 0.584. The van der Waals surface area contributed by atoms with Gasteiger partial charge >= 0.3 is 0 Å². The topological polar surface area (TPSA) is 61.8 Å². The van der Waals surface area contributed by atoms with Crippen molar-refractivity contribution in [1.82, 2.24) is 10.2 Å². The van der Waals surface area contributed by atoms with Crippen LogP contribution in [0.3, 0.4) is 0 Å². The molecule has 0 bridgehead atoms. The Morgan fingerprint density at radius 1 is 1.10 bits per heavy atom. The zero-order chi connectivity index (χ0) is 20.3. The van der Waals surface area contributed by atoms with Gasteiger partial charge in [-0.25, -0.2) is 0 Å². The molecule has 1 aromatic carbocycles. The summed E-state index contributed by atoms with van der Waals surface area (Å²) in [6.07, 6.45) is 10.9. The van der Waals surface area contributed by atoms with Gasteiger partial charge in [0.25, 0.3) is 0 Å². The van der Waals surface area contributed by atoms with Crippen LogP contribution in [0.15, 0.2) is 24.3 Å². The highest BCUT2D eigenvalue weighted by molar-refractivity contribution is 5.78. The molecule has 3 atom stereocenters. The number of piperidine rings is 1. The normalized spacial score (nSPS) is 31.1. The minimum atomic E-state index is -0.598. The number of hydrogen-bond acceptors (Lipinski definition) is 4. The number of ether oxygens (including phenoxy) is 1. The van der Waals surface area contributed by atoms with Gasteiger partial charge in [0.15, 0.2) is 0 Å². The lowest BCUT2D eigenvalue weighted by Crippen LogP contribution is -2.56. The SMILES string of the molecule is COc1ccc([C@@H]2[C@H]3CCCC[C@@]3(O)CCN2CC(=O)NC2CCCCC2)cc1. The van der Waals surface area contributed by atoms with Gasteiger partial charge in [0.2, 0.25) is 5.91 Å². The number of aliphatic hydroxyl groups is 1. The summed E-state index contributed by atoms with van der Waals surface area (Å²) in [4.78, 5) is 15.2. The Morgan fingerprint density at radius 3 is 2.55 bits per heavy atom. The summed E-state index contributed by atoms with van der Waals surface area (Å²) in [6.45, 7) is 1.18. The second-order valence-corrected chi connectivity index (χ2v) is 9.30. The molecule has 5 heteroatoms. The summed E-state index contributed by atoms with van der Waals surface area (Å²) in [5.74, 6) is 1.16. The first-order chi connectivity index (χ1) is 14.1. The summed E-state index contributed by atoms with van der Waals surface area (Å²) in [6, 6.07) is 8.62. The molecule has 1 aliphatic heterocycles. The lowest BCUT2D eigenvalue weighted by atomic mass is 9.66. The van der Waals surface area contributed by atoms with Crippen LogP contribution < -0.4 is 10.1 Å². The molecular weight excluding hydrogens is 364 g/mol. The first-order valence-corrected chi connectivity index (χ1v) is 11.5. The van der Waals surface area contributed by atoms with Crippen molar-refractivity contribution in [3.63, 3.8) is 0 Å². The van der Waals surface area contributed by atoms with Crippen LogP contribution in [-0.4, -0.2) is 47.8 Å². The van der Waals surface area contributed by atoms with Crippen molar-refractivity contribution in [2.24, 2.45) is 5.92 Å². The van der Waals surface area contributed by atoms with Crippen molar-refractivity contribution in [3.8, 4) is 5.75 Å². The molecule has 1 heterocycles. The Kier molecular flexibility index (Phi) is 6.45. The predicted octanol–water partition coefficient (Wildman–Crippen LogP) is 3.81. The minimum Gasteiger partial charge on any atom is -0.497 e. The molecule has 0 radical (unpaired) electrons. The molecule has 160 valence electrons. The lowest BCUT2D eigenvalue weighted by Gasteiger charge is -2.52. The van der Waals surface area contributed by atoms with E-state index in [0.29, 0.717) is 12.6 Å². The van der Waals surface area contributed by atoms with Crippen LogP contribution in [0.2, 0.25) is 0 Å². The van der Waals surface area contributed by atoms with Crippen molar-refractivity contribution < 1.29 is 14.6 Å². The molecule has 0 aromatic heterocycles. The molecule has 5 nitrogen and oxygen atoms in total. The number of amides is 1. The quantitative estimate of drug-likeness (QED) is 0.789. The predicted molar refractivity (Wildman–Crippen MR) is 114 cm³/mol. The zero-order valence-electron chi connectivity index (χ0n) is 17.7. The van der Waals surface area contributed by atoms with Gasteiger partial charge in [-0.1, -0.05) is 44.2 Å². The van der Waals surface area contributed by atoms with Gasteiger partial charge in [-0.2, -0.15) is 0 Å². The number of hydrogen-bond donors (Lipinski definition) is 2. The number of methoxy groups -OCH3 is 1. The summed E-state index contributed by atoms with van der Waals surface area (Å²) in [5, 5.41) is 14.7. The van der Waals surface area contributed by atoms with Crippen LogP contribution in [0, 0.1) is 5.92 Å². The van der Waals surface area contributed by atoms with E-state index in [1.54, 1.807) is 7.11 Å². The molecular formula is C24H36N2O3. The molecule has 1 saturated heterocycles. The van der Waals surface area contributed by atoms with Gasteiger partial charge < -0.3 is 15.2 Å². The van der Waals surface area contributed by atoms with Gasteiger partial charge in [0.05, 0.1) is 19.3 Å². The molecule has 2 aliphatic carbocycles. The second-order valence-electron chi connectivity index (χ2n) is 9.30. The third kappa shape index (κ3) is 4.61. The van der Waals surface area contributed by atoms with Crippen LogP contribution in [0.5, 0.6) is 5.75 Å². The fourth-order valence-electron chi connectivity index (χ4n) is 5.87. The summed E-state index contributed by atoms with van der Waals surface area (Å²) in [7, 11) is 1.68. The van der Waals surface area contributed by atoms with E-state index in [1.807, 2.05) is 12.1 Å². The maximum Gasteiger partial charge on any atom is 0.234 e. The van der Waals surface area contributed by atoms with Crippen molar-refractivity contribution in [2.75, 3.05) is 20.2 Å². The van der Waals surface area contributed by atoms with Crippen molar-refractivity contribution in [2.45, 2.75) is 81.9 Å². The van der Waals surface area contributed by atoms with E-state index < -0.39 is 5.60 Å². The third-order valence-corrected chi connectivity index (χ3v) is 7.45. The van der Waals surface area contributed by atoms with E-state index in [0.717, 1.165) is 57.2 Å². The number of fused-ring (bicyclic) bond motifs is 1. The molecule has 3 aliphatic rings. The Labute approximate surface area is 174 Å². The Morgan fingerprint density at radius 2 is 1.83 bits per heavy atom. The van der Waals surface area contributed by atoms with Crippen LogP contribution in [0.1, 0.15) is 75.8 Å². The number of nitrogens with one attached hydrogen (secondary N) is 1. The van der Waals surface area contributed by atoms with Gasteiger partial charge in [-0.3, -0.25) is 9.69 Å². The molecule has 4 rings (SSSR count). The number of benzene rings is 1. The fourth-order valence-corrected chi connectivity index (χ4v) is 5.87. The molecule has 0 unspecified atom stereocenters. The Bertz CT molecular complexity index is 686. The summed E-state index contributed by atoms with van der Waals surface area (Å²) >= 11 is 0. The van der Waals surface area contributed by atoms with E-state index in [-0.39, 0.29) is 17.9 Å². The number of carbonyl (C=O) groups is 1. The largest absolute Gasteiger partial charge is 0.497 e. The highest BCUT2D eigenvalue weighted by Gasteiger charge is 2.49. The first kappa shape index (κ1) is 20.7. The highest BCUT2D eigenvalue weighted by atomic mass is 16.5. The van der Waals surface area contributed by atoms with E-state index in [4.69, 9.17) is 4.74 Å². The average molecular weight is 401 g/mol.